The first-order valence-corrected chi connectivity index (χ1v) is 12.0. The van der Waals surface area contributed by atoms with Crippen molar-refractivity contribution in [2.24, 2.45) is 5.14 Å². The quantitative estimate of drug-likeness (QED) is 0.368. The van der Waals surface area contributed by atoms with Gasteiger partial charge >= 0.3 is 0 Å². The Kier molecular flexibility index (Phi) is 6.50. The van der Waals surface area contributed by atoms with Crippen molar-refractivity contribution in [2.45, 2.75) is 11.8 Å². The molecular formula is C25H22N4O5S. The summed E-state index contributed by atoms with van der Waals surface area (Å²) in [6.45, 7) is 1.98. The van der Waals surface area contributed by atoms with Crippen LogP contribution in [0.5, 0.6) is 5.75 Å². The molecule has 4 N–H and O–H groups in total. The number of rotatable bonds is 5. The van der Waals surface area contributed by atoms with Crippen LogP contribution in [0.2, 0.25) is 0 Å². The van der Waals surface area contributed by atoms with Crippen LogP contribution in [0, 0.1) is 6.92 Å². The van der Waals surface area contributed by atoms with E-state index in [1.807, 2.05) is 37.3 Å². The third-order valence-electron chi connectivity index (χ3n) is 5.34. The summed E-state index contributed by atoms with van der Waals surface area (Å²) in [5, 5.41) is 5.76. The van der Waals surface area contributed by atoms with Gasteiger partial charge in [-0.2, -0.15) is 0 Å². The zero-order valence-corrected chi connectivity index (χ0v) is 19.7. The fourth-order valence-electron chi connectivity index (χ4n) is 3.53. The van der Waals surface area contributed by atoms with Gasteiger partial charge in [0.2, 0.25) is 10.0 Å². The Morgan fingerprint density at radius 2 is 1.54 bits per heavy atom. The topological polar surface area (TPSA) is 140 Å². The molecule has 0 saturated carbocycles. The predicted molar refractivity (Wildman–Crippen MR) is 131 cm³/mol. The Morgan fingerprint density at radius 1 is 0.886 bits per heavy atom. The molecule has 0 spiro atoms. The molecule has 1 heterocycles. The number of hydrazine groups is 1. The highest BCUT2D eigenvalue weighted by atomic mass is 32.2. The van der Waals surface area contributed by atoms with Crippen LogP contribution >= 0.6 is 0 Å². The van der Waals surface area contributed by atoms with Crippen molar-refractivity contribution in [1.82, 2.24) is 15.8 Å². The van der Waals surface area contributed by atoms with E-state index in [-0.39, 0.29) is 16.2 Å². The highest BCUT2D eigenvalue weighted by Gasteiger charge is 2.19. The van der Waals surface area contributed by atoms with Gasteiger partial charge in [-0.25, -0.2) is 18.5 Å². The number of carbonyl (C=O) groups is 2. The predicted octanol–water partition coefficient (Wildman–Crippen LogP) is 2.94. The number of aromatic nitrogens is 1. The molecular weight excluding hydrogens is 468 g/mol. The second-order valence-corrected chi connectivity index (χ2v) is 9.32. The number of fused-ring (bicyclic) bond motifs is 1. The first-order chi connectivity index (χ1) is 16.7. The molecule has 3 aromatic carbocycles. The van der Waals surface area contributed by atoms with Gasteiger partial charge in [0.25, 0.3) is 11.8 Å². The van der Waals surface area contributed by atoms with E-state index in [4.69, 9.17) is 9.88 Å². The normalized spacial score (nSPS) is 11.2. The number of primary sulfonamides is 1. The minimum absolute atomic E-state index is 0.111. The summed E-state index contributed by atoms with van der Waals surface area (Å²) in [6.07, 6.45) is 0. The van der Waals surface area contributed by atoms with E-state index in [1.54, 1.807) is 24.3 Å². The SMILES string of the molecule is COc1ccc(S(N)(=O)=O)cc1C(=O)NNC(=O)c1cc(-c2ccc(C)cc2)nc2ccccc12. The Balaban J connectivity index is 1.64. The van der Waals surface area contributed by atoms with Crippen LogP contribution in [0.4, 0.5) is 0 Å². The van der Waals surface area contributed by atoms with Gasteiger partial charge in [-0.15, -0.1) is 0 Å². The van der Waals surface area contributed by atoms with E-state index in [9.17, 15) is 18.0 Å². The van der Waals surface area contributed by atoms with E-state index in [1.165, 1.54) is 19.2 Å². The van der Waals surface area contributed by atoms with Gasteiger partial charge < -0.3 is 4.74 Å². The summed E-state index contributed by atoms with van der Waals surface area (Å²) >= 11 is 0. The van der Waals surface area contributed by atoms with E-state index in [0.717, 1.165) is 17.2 Å². The first-order valence-electron chi connectivity index (χ1n) is 10.5. The van der Waals surface area contributed by atoms with E-state index in [0.29, 0.717) is 22.2 Å². The molecule has 35 heavy (non-hydrogen) atoms. The third kappa shape index (κ3) is 5.13. The van der Waals surface area contributed by atoms with E-state index >= 15 is 0 Å². The minimum atomic E-state index is -4.05. The molecule has 0 fully saturated rings. The van der Waals surface area contributed by atoms with Crippen molar-refractivity contribution in [3.63, 3.8) is 0 Å². The Bertz CT molecular complexity index is 1550. The molecule has 0 aliphatic rings. The Hall–Kier alpha value is -4.28. The number of methoxy groups -OCH3 is 1. The molecule has 0 aliphatic heterocycles. The molecule has 0 atom stereocenters. The number of sulfonamides is 1. The second kappa shape index (κ2) is 9.53. The molecule has 1 aromatic heterocycles. The van der Waals surface area contributed by atoms with Crippen molar-refractivity contribution >= 4 is 32.7 Å². The summed E-state index contributed by atoms with van der Waals surface area (Å²) < 4.78 is 28.5. The number of nitrogens with one attached hydrogen (secondary N) is 2. The van der Waals surface area contributed by atoms with Gasteiger partial charge in [-0.1, -0.05) is 48.0 Å². The minimum Gasteiger partial charge on any atom is -0.496 e. The Labute approximate surface area is 202 Å². The zero-order valence-electron chi connectivity index (χ0n) is 18.9. The summed E-state index contributed by atoms with van der Waals surface area (Å²) in [7, 11) is -2.72. The van der Waals surface area contributed by atoms with Gasteiger partial charge in [0, 0.05) is 10.9 Å². The number of nitrogens with zero attached hydrogens (tertiary/aromatic N) is 1. The molecule has 2 amide bonds. The number of nitrogens with two attached hydrogens (primary N) is 1. The van der Waals surface area contributed by atoms with Crippen LogP contribution in [-0.2, 0) is 10.0 Å². The van der Waals surface area contributed by atoms with Gasteiger partial charge in [0.1, 0.15) is 5.75 Å². The monoisotopic (exact) mass is 490 g/mol. The number of pyridine rings is 1. The summed E-state index contributed by atoms with van der Waals surface area (Å²) in [6, 6.07) is 20.2. The summed E-state index contributed by atoms with van der Waals surface area (Å²) in [4.78, 5) is 30.3. The summed E-state index contributed by atoms with van der Waals surface area (Å²) in [5.74, 6) is -1.25. The lowest BCUT2D eigenvalue weighted by Crippen LogP contribution is -2.42. The highest BCUT2D eigenvalue weighted by molar-refractivity contribution is 7.89. The lowest BCUT2D eigenvalue weighted by Gasteiger charge is -2.13. The van der Waals surface area contributed by atoms with Crippen molar-refractivity contribution in [1.29, 1.82) is 0 Å². The summed E-state index contributed by atoms with van der Waals surface area (Å²) in [5.41, 5.74) is 8.03. The smallest absolute Gasteiger partial charge is 0.273 e. The fraction of sp³-hybridized carbons (Fsp3) is 0.0800. The number of ether oxygens (including phenoxy) is 1. The average Bonchev–Trinajstić information content (AvgIpc) is 2.85. The number of carbonyl (C=O) groups excluding carboxylic acids is 2. The van der Waals surface area contributed by atoms with Crippen LogP contribution in [0.25, 0.3) is 22.2 Å². The van der Waals surface area contributed by atoms with Crippen LogP contribution in [-0.4, -0.2) is 32.3 Å². The molecule has 0 saturated heterocycles. The molecule has 0 unspecified atom stereocenters. The first kappa shape index (κ1) is 23.9. The lowest BCUT2D eigenvalue weighted by atomic mass is 10.0. The number of hydrogen-bond donors (Lipinski definition) is 3. The maximum atomic E-state index is 13.1. The lowest BCUT2D eigenvalue weighted by molar-refractivity contribution is 0.0845. The van der Waals surface area contributed by atoms with Crippen LogP contribution in [0.15, 0.2) is 77.7 Å². The van der Waals surface area contributed by atoms with Crippen LogP contribution in [0.3, 0.4) is 0 Å². The van der Waals surface area contributed by atoms with Crippen LogP contribution in [0.1, 0.15) is 26.3 Å². The molecule has 10 heteroatoms. The highest BCUT2D eigenvalue weighted by Crippen LogP contribution is 2.25. The van der Waals surface area contributed by atoms with Gasteiger partial charge in [0.05, 0.1) is 34.3 Å². The van der Waals surface area contributed by atoms with E-state index in [2.05, 4.69) is 15.8 Å². The third-order valence-corrected chi connectivity index (χ3v) is 6.25. The fourth-order valence-corrected chi connectivity index (χ4v) is 4.07. The standard InChI is InChI=1S/C25H22N4O5S/c1-15-7-9-16(10-8-15)22-14-19(18-5-3-4-6-21(18)27-22)24(30)28-29-25(31)20-13-17(35(26,32)33)11-12-23(20)34-2/h3-14H,1-2H3,(H,28,30)(H,29,31)(H2,26,32,33). The van der Waals surface area contributed by atoms with Gasteiger partial charge in [-0.3, -0.25) is 20.4 Å². The van der Waals surface area contributed by atoms with Crippen molar-refractivity contribution in [2.75, 3.05) is 7.11 Å². The number of benzene rings is 3. The largest absolute Gasteiger partial charge is 0.496 e. The molecule has 178 valence electrons. The molecule has 9 nitrogen and oxygen atoms in total. The molecule has 0 bridgehead atoms. The molecule has 4 aromatic rings. The molecule has 0 aliphatic carbocycles. The molecule has 0 radical (unpaired) electrons. The van der Waals surface area contributed by atoms with Crippen LogP contribution < -0.4 is 20.7 Å². The van der Waals surface area contributed by atoms with Gasteiger partial charge in [0.15, 0.2) is 0 Å². The van der Waals surface area contributed by atoms with Crippen molar-refractivity contribution in [3.05, 3.63) is 89.5 Å². The maximum Gasteiger partial charge on any atom is 0.273 e. The second-order valence-electron chi connectivity index (χ2n) is 7.75. The van der Waals surface area contributed by atoms with Gasteiger partial charge in [-0.05, 0) is 37.3 Å². The molecule has 4 rings (SSSR count). The number of amides is 2. The van der Waals surface area contributed by atoms with Crippen molar-refractivity contribution < 1.29 is 22.7 Å². The van der Waals surface area contributed by atoms with E-state index < -0.39 is 21.8 Å². The zero-order chi connectivity index (χ0) is 25.2. The maximum absolute atomic E-state index is 13.1. The number of aryl methyl sites for hydroxylation is 1. The average molecular weight is 491 g/mol. The number of para-hydroxylation sites is 1. The Morgan fingerprint density at radius 3 is 2.20 bits per heavy atom. The van der Waals surface area contributed by atoms with Crippen molar-refractivity contribution in [3.8, 4) is 17.0 Å². The number of hydrogen-bond acceptors (Lipinski definition) is 6.